The lowest BCUT2D eigenvalue weighted by Gasteiger charge is -2.40. The number of rotatable bonds is 5. The number of nitrogens with one attached hydrogen (secondary N) is 2. The summed E-state index contributed by atoms with van der Waals surface area (Å²) in [7, 11) is 0. The minimum atomic E-state index is -0.482. The number of benzene rings is 1. The van der Waals surface area contributed by atoms with E-state index in [4.69, 9.17) is 16.6 Å². The second-order valence-corrected chi connectivity index (χ2v) is 10.8. The van der Waals surface area contributed by atoms with Crippen molar-refractivity contribution in [1.29, 1.82) is 0 Å². The van der Waals surface area contributed by atoms with E-state index in [1.165, 1.54) is 11.8 Å². The summed E-state index contributed by atoms with van der Waals surface area (Å²) in [5.41, 5.74) is 3.89. The summed E-state index contributed by atoms with van der Waals surface area (Å²) < 4.78 is 27.6. The van der Waals surface area contributed by atoms with Gasteiger partial charge in [0.2, 0.25) is 0 Å². The lowest BCUT2D eigenvalue weighted by atomic mass is 9.90. The molecule has 3 aromatic heterocycles. The Kier molecular flexibility index (Phi) is 6.70. The van der Waals surface area contributed by atoms with E-state index in [-0.39, 0.29) is 17.6 Å². The van der Waals surface area contributed by atoms with Crippen molar-refractivity contribution in [2.75, 3.05) is 18.4 Å². The number of halogens is 3. The number of pyridine rings is 2. The summed E-state index contributed by atoms with van der Waals surface area (Å²) in [5.74, 6) is 0.0168. The van der Waals surface area contributed by atoms with E-state index in [0.29, 0.717) is 22.5 Å². The van der Waals surface area contributed by atoms with Crippen LogP contribution in [0.5, 0.6) is 0 Å². The maximum Gasteiger partial charge on any atom is 0.138 e. The van der Waals surface area contributed by atoms with E-state index < -0.39 is 11.6 Å². The predicted molar refractivity (Wildman–Crippen MR) is 141 cm³/mol. The molecule has 2 N–H and O–H groups in total. The van der Waals surface area contributed by atoms with Gasteiger partial charge in [0.05, 0.1) is 10.7 Å². The van der Waals surface area contributed by atoms with E-state index in [2.05, 4.69) is 47.0 Å². The summed E-state index contributed by atoms with van der Waals surface area (Å²) in [6, 6.07) is 11.0. The summed E-state index contributed by atoms with van der Waals surface area (Å²) >= 11 is 6.57. The molecule has 0 bridgehead atoms. The fraction of sp³-hybridized carbons (Fsp3) is 0.357. The summed E-state index contributed by atoms with van der Waals surface area (Å²) in [6.07, 6.45) is 3.93. The molecule has 4 aromatic rings. The Morgan fingerprint density at radius 1 is 1.08 bits per heavy atom. The van der Waals surface area contributed by atoms with E-state index in [1.807, 2.05) is 6.07 Å². The molecule has 0 saturated carbocycles. The second kappa shape index (κ2) is 9.79. The van der Waals surface area contributed by atoms with Crippen molar-refractivity contribution in [1.82, 2.24) is 19.9 Å². The number of hydrogen-bond acceptors (Lipinski definition) is 4. The molecule has 1 aliphatic rings. The highest BCUT2D eigenvalue weighted by Crippen LogP contribution is 2.36. The molecule has 0 atom stereocenters. The van der Waals surface area contributed by atoms with Crippen LogP contribution in [0.3, 0.4) is 0 Å². The largest absolute Gasteiger partial charge is 0.366 e. The van der Waals surface area contributed by atoms with Gasteiger partial charge in [-0.05, 0) is 89.2 Å². The maximum atomic E-state index is 14.0. The normalized spacial score (nSPS) is 15.5. The van der Waals surface area contributed by atoms with Crippen LogP contribution in [0.25, 0.3) is 22.3 Å². The number of piperidine rings is 1. The average Bonchev–Trinajstić information content (AvgIpc) is 3.30. The maximum absolute atomic E-state index is 14.0. The van der Waals surface area contributed by atoms with Crippen molar-refractivity contribution >= 4 is 28.5 Å². The standard InChI is InChI=1S/C28H30ClF2N5/c1-28(2,3)36-12-9-17(10-13-36)24-15-21-20(8-11-32-27(21)34-24)26-22(29)5-7-25(35-26)33-16-18-14-19(30)4-6-23(18)31/h4-8,11,14-15,17H,9-10,12-13,16H2,1-3H3,(H,32,34)(H,33,35). The first-order valence-electron chi connectivity index (χ1n) is 12.3. The van der Waals surface area contributed by atoms with E-state index in [0.717, 1.165) is 54.7 Å². The molecule has 0 spiro atoms. The molecule has 1 fully saturated rings. The number of H-pyrrole nitrogens is 1. The third-order valence-electron chi connectivity index (χ3n) is 7.01. The van der Waals surface area contributed by atoms with Crippen molar-refractivity contribution in [3.63, 3.8) is 0 Å². The number of aromatic amines is 1. The van der Waals surface area contributed by atoms with Crippen molar-refractivity contribution in [3.8, 4) is 11.3 Å². The molecule has 0 aliphatic carbocycles. The molecule has 36 heavy (non-hydrogen) atoms. The topological polar surface area (TPSA) is 56.8 Å². The van der Waals surface area contributed by atoms with Gasteiger partial charge >= 0.3 is 0 Å². The van der Waals surface area contributed by atoms with Gasteiger partial charge < -0.3 is 10.3 Å². The minimum absolute atomic E-state index is 0.102. The summed E-state index contributed by atoms with van der Waals surface area (Å²) in [6.45, 7) is 9.03. The Hall–Kier alpha value is -3.03. The highest BCUT2D eigenvalue weighted by atomic mass is 35.5. The first-order valence-corrected chi connectivity index (χ1v) is 12.6. The first-order chi connectivity index (χ1) is 17.2. The van der Waals surface area contributed by atoms with Gasteiger partial charge in [-0.1, -0.05) is 11.6 Å². The Morgan fingerprint density at radius 3 is 2.61 bits per heavy atom. The molecule has 1 aromatic carbocycles. The van der Waals surface area contributed by atoms with Gasteiger partial charge in [0, 0.05) is 46.4 Å². The van der Waals surface area contributed by atoms with Gasteiger partial charge in [-0.3, -0.25) is 4.90 Å². The molecule has 1 saturated heterocycles. The van der Waals surface area contributed by atoms with Crippen molar-refractivity contribution in [2.45, 2.75) is 51.6 Å². The van der Waals surface area contributed by atoms with Crippen LogP contribution in [0.2, 0.25) is 5.02 Å². The first kappa shape index (κ1) is 24.7. The van der Waals surface area contributed by atoms with Gasteiger partial charge in [-0.25, -0.2) is 18.7 Å². The SMILES string of the molecule is CC(C)(C)N1CCC(c2cc3c(-c4nc(NCc5cc(F)ccc5F)ccc4Cl)ccnc3[nH]2)CC1. The summed E-state index contributed by atoms with van der Waals surface area (Å²) in [5, 5.41) is 4.56. The van der Waals surface area contributed by atoms with E-state index >= 15 is 0 Å². The van der Waals surface area contributed by atoms with Gasteiger partial charge in [-0.15, -0.1) is 0 Å². The zero-order valence-electron chi connectivity index (χ0n) is 20.7. The zero-order valence-corrected chi connectivity index (χ0v) is 21.5. The number of aromatic nitrogens is 3. The van der Waals surface area contributed by atoms with Crippen LogP contribution in [-0.4, -0.2) is 38.5 Å². The number of fused-ring (bicyclic) bond motifs is 1. The molecule has 0 unspecified atom stereocenters. The zero-order chi connectivity index (χ0) is 25.4. The Balaban J connectivity index is 1.40. The lowest BCUT2D eigenvalue weighted by molar-refractivity contribution is 0.102. The molecule has 1 aliphatic heterocycles. The van der Waals surface area contributed by atoms with Crippen LogP contribution in [-0.2, 0) is 6.54 Å². The fourth-order valence-corrected chi connectivity index (χ4v) is 5.14. The van der Waals surface area contributed by atoms with Crippen LogP contribution in [0.15, 0.2) is 48.7 Å². The van der Waals surface area contributed by atoms with Crippen molar-refractivity contribution in [3.05, 3.63) is 76.6 Å². The van der Waals surface area contributed by atoms with Crippen LogP contribution >= 0.6 is 11.6 Å². The quantitative estimate of drug-likeness (QED) is 0.300. The molecule has 0 radical (unpaired) electrons. The fourth-order valence-electron chi connectivity index (χ4n) is 4.93. The smallest absolute Gasteiger partial charge is 0.138 e. The van der Waals surface area contributed by atoms with Gasteiger partial charge in [0.15, 0.2) is 0 Å². The predicted octanol–water partition coefficient (Wildman–Crippen LogP) is 7.15. The molecular weight excluding hydrogens is 480 g/mol. The Labute approximate surface area is 214 Å². The third kappa shape index (κ3) is 5.08. The van der Waals surface area contributed by atoms with Crippen LogP contribution in [0.1, 0.15) is 50.8 Å². The van der Waals surface area contributed by atoms with E-state index in [1.54, 1.807) is 18.3 Å². The van der Waals surface area contributed by atoms with Crippen LogP contribution < -0.4 is 5.32 Å². The monoisotopic (exact) mass is 509 g/mol. The molecule has 0 amide bonds. The molecule has 5 rings (SSSR count). The van der Waals surface area contributed by atoms with Crippen molar-refractivity contribution in [2.24, 2.45) is 0 Å². The van der Waals surface area contributed by atoms with Gasteiger partial charge in [-0.2, -0.15) is 0 Å². The second-order valence-electron chi connectivity index (χ2n) is 10.4. The third-order valence-corrected chi connectivity index (χ3v) is 7.31. The highest BCUT2D eigenvalue weighted by molar-refractivity contribution is 6.33. The van der Waals surface area contributed by atoms with Crippen LogP contribution in [0.4, 0.5) is 14.6 Å². The molecule has 8 heteroatoms. The van der Waals surface area contributed by atoms with E-state index in [9.17, 15) is 8.78 Å². The van der Waals surface area contributed by atoms with Gasteiger partial charge in [0.1, 0.15) is 23.1 Å². The molecular formula is C28H30ClF2N5. The number of hydrogen-bond donors (Lipinski definition) is 2. The van der Waals surface area contributed by atoms with Crippen molar-refractivity contribution < 1.29 is 8.78 Å². The number of nitrogens with zero attached hydrogens (tertiary/aromatic N) is 3. The Bertz CT molecular complexity index is 1390. The Morgan fingerprint density at radius 2 is 1.86 bits per heavy atom. The summed E-state index contributed by atoms with van der Waals surface area (Å²) in [4.78, 5) is 15.3. The number of likely N-dealkylation sites (tertiary alicyclic amines) is 1. The van der Waals surface area contributed by atoms with Gasteiger partial charge in [0.25, 0.3) is 0 Å². The highest BCUT2D eigenvalue weighted by Gasteiger charge is 2.28. The molecule has 188 valence electrons. The minimum Gasteiger partial charge on any atom is -0.366 e. The average molecular weight is 510 g/mol. The molecule has 4 heterocycles. The number of anilines is 1. The molecule has 5 nitrogen and oxygen atoms in total. The lowest BCUT2D eigenvalue weighted by Crippen LogP contribution is -2.45. The van der Waals surface area contributed by atoms with Crippen LogP contribution in [0, 0.1) is 11.6 Å².